The molecule has 5 nitrogen and oxygen atoms in total. The minimum atomic E-state index is -0.656. The highest BCUT2D eigenvalue weighted by Gasteiger charge is 2.20. The highest BCUT2D eigenvalue weighted by Crippen LogP contribution is 2.28. The van der Waals surface area contributed by atoms with Crippen molar-refractivity contribution in [1.82, 2.24) is 0 Å². The number of halogens is 2. The maximum Gasteiger partial charge on any atom is 0.259 e. The fraction of sp³-hybridized carbons (Fsp3) is 0.0857. The second-order valence-electron chi connectivity index (χ2n) is 9.70. The number of benzene rings is 5. The van der Waals surface area contributed by atoms with Gasteiger partial charge in [0.15, 0.2) is 0 Å². The van der Waals surface area contributed by atoms with E-state index < -0.39 is 23.4 Å². The number of nitrogens with one attached hydrogen (secondary N) is 2. The molecule has 7 heteroatoms. The summed E-state index contributed by atoms with van der Waals surface area (Å²) >= 11 is 0. The van der Waals surface area contributed by atoms with Crippen molar-refractivity contribution in [2.45, 2.75) is 12.8 Å². The van der Waals surface area contributed by atoms with Gasteiger partial charge >= 0.3 is 0 Å². The second-order valence-corrected chi connectivity index (χ2v) is 9.70. The molecule has 0 spiro atoms. The van der Waals surface area contributed by atoms with E-state index in [9.17, 15) is 18.4 Å². The van der Waals surface area contributed by atoms with Crippen LogP contribution in [0.2, 0.25) is 0 Å². The van der Waals surface area contributed by atoms with Gasteiger partial charge in [0.2, 0.25) is 0 Å². The summed E-state index contributed by atoms with van der Waals surface area (Å²) in [5.41, 5.74) is 3.34. The Kier molecular flexibility index (Phi) is 8.68. The molecule has 210 valence electrons. The van der Waals surface area contributed by atoms with Crippen molar-refractivity contribution in [2.75, 3.05) is 17.7 Å². The lowest BCUT2D eigenvalue weighted by molar-refractivity contribution is 0.102. The Morgan fingerprint density at radius 2 is 1.12 bits per heavy atom. The fourth-order valence-corrected chi connectivity index (χ4v) is 4.74. The summed E-state index contributed by atoms with van der Waals surface area (Å²) in [4.78, 5) is 26.8. The van der Waals surface area contributed by atoms with Crippen molar-refractivity contribution in [3.63, 3.8) is 0 Å². The molecular formula is C35H28F2N2O3. The van der Waals surface area contributed by atoms with Gasteiger partial charge in [-0.3, -0.25) is 9.59 Å². The summed E-state index contributed by atoms with van der Waals surface area (Å²) in [5.74, 6) is -2.23. The van der Waals surface area contributed by atoms with Crippen molar-refractivity contribution in [2.24, 2.45) is 0 Å². The van der Waals surface area contributed by atoms with Gasteiger partial charge in [-0.05, 0) is 65.4 Å². The summed E-state index contributed by atoms with van der Waals surface area (Å²) in [6.45, 7) is 0. The van der Waals surface area contributed by atoms with E-state index in [1.165, 1.54) is 37.4 Å². The van der Waals surface area contributed by atoms with Crippen LogP contribution in [0.15, 0.2) is 115 Å². The van der Waals surface area contributed by atoms with Gasteiger partial charge in [-0.25, -0.2) is 8.78 Å². The molecule has 0 saturated heterocycles. The average molecular weight is 563 g/mol. The molecule has 5 rings (SSSR count). The van der Waals surface area contributed by atoms with Gasteiger partial charge in [0.25, 0.3) is 11.8 Å². The van der Waals surface area contributed by atoms with Crippen LogP contribution in [-0.4, -0.2) is 18.9 Å². The molecule has 0 bridgehead atoms. The number of hydrogen-bond donors (Lipinski definition) is 2. The zero-order valence-corrected chi connectivity index (χ0v) is 22.9. The fourth-order valence-electron chi connectivity index (χ4n) is 4.74. The number of carbonyl (C=O) groups is 2. The van der Waals surface area contributed by atoms with Gasteiger partial charge in [-0.1, -0.05) is 84.9 Å². The predicted octanol–water partition coefficient (Wildman–Crippen LogP) is 7.66. The summed E-state index contributed by atoms with van der Waals surface area (Å²) in [7, 11) is 1.39. The average Bonchev–Trinajstić information content (AvgIpc) is 3.01. The lowest BCUT2D eigenvalue weighted by atomic mass is 10.0. The molecule has 0 radical (unpaired) electrons. The molecule has 0 aliphatic heterocycles. The van der Waals surface area contributed by atoms with Crippen molar-refractivity contribution in [3.05, 3.63) is 160 Å². The smallest absolute Gasteiger partial charge is 0.259 e. The summed E-state index contributed by atoms with van der Waals surface area (Å²) < 4.78 is 35.2. The number of carbonyl (C=O) groups excluding carboxylic acids is 2. The van der Waals surface area contributed by atoms with Crippen molar-refractivity contribution in [1.29, 1.82) is 0 Å². The minimum Gasteiger partial charge on any atom is -0.496 e. The largest absolute Gasteiger partial charge is 0.496 e. The quantitative estimate of drug-likeness (QED) is 0.194. The Bertz CT molecular complexity index is 1720. The Labute approximate surface area is 242 Å². The number of methoxy groups -OCH3 is 1. The highest BCUT2D eigenvalue weighted by molar-refractivity contribution is 6.10. The van der Waals surface area contributed by atoms with Crippen LogP contribution in [0.25, 0.3) is 0 Å². The van der Waals surface area contributed by atoms with E-state index in [2.05, 4.69) is 10.6 Å². The lowest BCUT2D eigenvalue weighted by Crippen LogP contribution is -2.19. The SMILES string of the molecule is COc1ccc(C(=O)Nc2c(F)cccc2Cc2ccccc2)cc1C(=O)Nc1c(F)cccc1Cc1ccccc1. The van der Waals surface area contributed by atoms with Crippen LogP contribution in [0.1, 0.15) is 43.0 Å². The number of anilines is 2. The van der Waals surface area contributed by atoms with E-state index in [0.717, 1.165) is 11.1 Å². The molecule has 5 aromatic carbocycles. The maximum absolute atomic E-state index is 14.9. The third-order valence-corrected chi connectivity index (χ3v) is 6.86. The van der Waals surface area contributed by atoms with Crippen LogP contribution in [0.3, 0.4) is 0 Å². The molecule has 2 N–H and O–H groups in total. The van der Waals surface area contributed by atoms with Crippen LogP contribution < -0.4 is 15.4 Å². The van der Waals surface area contributed by atoms with E-state index in [-0.39, 0.29) is 28.3 Å². The minimum absolute atomic E-state index is 0.0251. The highest BCUT2D eigenvalue weighted by atomic mass is 19.1. The summed E-state index contributed by atoms with van der Waals surface area (Å²) in [6.07, 6.45) is 0.820. The molecular weight excluding hydrogens is 534 g/mol. The third kappa shape index (κ3) is 6.53. The van der Waals surface area contributed by atoms with E-state index >= 15 is 0 Å². The molecule has 0 heterocycles. The van der Waals surface area contributed by atoms with Crippen molar-refractivity contribution < 1.29 is 23.1 Å². The van der Waals surface area contributed by atoms with Gasteiger partial charge in [0, 0.05) is 5.56 Å². The van der Waals surface area contributed by atoms with E-state index in [4.69, 9.17) is 4.74 Å². The second kappa shape index (κ2) is 12.9. The normalized spacial score (nSPS) is 10.6. The molecule has 0 fully saturated rings. The number of rotatable bonds is 9. The lowest BCUT2D eigenvalue weighted by Gasteiger charge is -2.16. The van der Waals surface area contributed by atoms with Gasteiger partial charge < -0.3 is 15.4 Å². The van der Waals surface area contributed by atoms with Crippen molar-refractivity contribution in [3.8, 4) is 5.75 Å². The first kappa shape index (κ1) is 28.2. The van der Waals surface area contributed by atoms with Crippen LogP contribution in [0, 0.1) is 11.6 Å². The predicted molar refractivity (Wildman–Crippen MR) is 160 cm³/mol. The number of hydrogen-bond acceptors (Lipinski definition) is 3. The van der Waals surface area contributed by atoms with Crippen LogP contribution in [0.5, 0.6) is 5.75 Å². The van der Waals surface area contributed by atoms with Gasteiger partial charge in [-0.2, -0.15) is 0 Å². The Morgan fingerprint density at radius 1 is 0.619 bits per heavy atom. The molecule has 0 saturated carbocycles. The molecule has 0 aliphatic carbocycles. The molecule has 0 atom stereocenters. The zero-order chi connectivity index (χ0) is 29.5. The van der Waals surface area contributed by atoms with E-state index in [1.54, 1.807) is 24.3 Å². The number of para-hydroxylation sites is 2. The molecule has 42 heavy (non-hydrogen) atoms. The first-order valence-electron chi connectivity index (χ1n) is 13.4. The van der Waals surface area contributed by atoms with E-state index in [1.807, 2.05) is 60.7 Å². The monoisotopic (exact) mass is 562 g/mol. The summed E-state index contributed by atoms with van der Waals surface area (Å²) in [5, 5.41) is 5.33. The molecule has 0 aromatic heterocycles. The van der Waals surface area contributed by atoms with Crippen molar-refractivity contribution >= 4 is 23.2 Å². The van der Waals surface area contributed by atoms with Gasteiger partial charge in [-0.15, -0.1) is 0 Å². The molecule has 0 unspecified atom stereocenters. The Balaban J connectivity index is 1.40. The molecule has 5 aromatic rings. The Morgan fingerprint density at radius 3 is 1.62 bits per heavy atom. The number of ether oxygens (including phenoxy) is 1. The van der Waals surface area contributed by atoms with Crippen LogP contribution in [-0.2, 0) is 12.8 Å². The maximum atomic E-state index is 14.9. The van der Waals surface area contributed by atoms with Crippen LogP contribution >= 0.6 is 0 Å². The molecule has 0 aliphatic rings. The standard InChI is InChI=1S/C35H28F2N2O3/c1-42-31-19-18-27(34(40)38-32-25(14-8-16-29(32)36)20-23-10-4-2-5-11-23)22-28(31)35(41)39-33-26(15-9-17-30(33)37)21-24-12-6-3-7-13-24/h2-19,22H,20-21H2,1H3,(H,38,40)(H,39,41). The van der Waals surface area contributed by atoms with Crippen LogP contribution in [0.4, 0.5) is 20.2 Å². The molecule has 2 amide bonds. The first-order chi connectivity index (χ1) is 20.4. The van der Waals surface area contributed by atoms with E-state index in [0.29, 0.717) is 24.0 Å². The topological polar surface area (TPSA) is 67.4 Å². The number of amides is 2. The first-order valence-corrected chi connectivity index (χ1v) is 13.4. The summed E-state index contributed by atoms with van der Waals surface area (Å²) in [6, 6.07) is 32.5. The zero-order valence-electron chi connectivity index (χ0n) is 22.9. The van der Waals surface area contributed by atoms with Gasteiger partial charge in [0.1, 0.15) is 17.4 Å². The Hall–Kier alpha value is -5.30. The third-order valence-electron chi connectivity index (χ3n) is 6.86. The van der Waals surface area contributed by atoms with Gasteiger partial charge in [0.05, 0.1) is 24.0 Å².